The molecule has 0 aromatic carbocycles. The molecule has 0 bridgehead atoms. The highest BCUT2D eigenvalue weighted by Crippen LogP contribution is 2.34. The number of rotatable bonds is 20. The van der Waals surface area contributed by atoms with Gasteiger partial charge >= 0.3 is 7.60 Å². The predicted molar refractivity (Wildman–Crippen MR) is 113 cm³/mol. The Bertz CT molecular complexity index is 392. The van der Waals surface area contributed by atoms with Gasteiger partial charge in [-0.15, -0.1) is 0 Å². The summed E-state index contributed by atoms with van der Waals surface area (Å²) < 4.78 is 21.4. The van der Waals surface area contributed by atoms with E-state index in [-0.39, 0.29) is 12.8 Å². The van der Waals surface area contributed by atoms with Gasteiger partial charge in [0.2, 0.25) is 0 Å². The van der Waals surface area contributed by atoms with Crippen LogP contribution in [-0.4, -0.2) is 36.3 Å². The van der Waals surface area contributed by atoms with Crippen molar-refractivity contribution in [3.05, 3.63) is 11.8 Å². The molecule has 6 heteroatoms. The average Bonchev–Trinajstić information content (AvgIpc) is 2.63. The number of unbranched alkanes of at least 4 members (excludes halogenated alkanes) is 13. The third kappa shape index (κ3) is 21.8. The largest absolute Gasteiger partial charge is 0.499 e. The lowest BCUT2D eigenvalue weighted by atomic mass is 10.0. The maximum Gasteiger partial charge on any atom is 0.329 e. The Morgan fingerprint density at radius 1 is 0.815 bits per heavy atom. The molecule has 0 aromatic heterocycles. The van der Waals surface area contributed by atoms with Gasteiger partial charge < -0.3 is 19.3 Å². The van der Waals surface area contributed by atoms with E-state index < -0.39 is 7.60 Å². The second-order valence-corrected chi connectivity index (χ2v) is 9.07. The minimum atomic E-state index is -4.02. The Kier molecular flexibility index (Phi) is 18.7. The van der Waals surface area contributed by atoms with Crippen LogP contribution in [0.15, 0.2) is 11.8 Å². The SMILES string of the molecule is CCCCCCCCCCCCCCCCOCC(=CCP(=O)(O)O)OC. The smallest absolute Gasteiger partial charge is 0.329 e. The lowest BCUT2D eigenvalue weighted by Gasteiger charge is -2.08. The molecule has 0 saturated heterocycles. The Balaban J connectivity index is 3.32. The molecule has 0 spiro atoms. The molecule has 0 amide bonds. The minimum Gasteiger partial charge on any atom is -0.499 e. The van der Waals surface area contributed by atoms with Crippen LogP contribution in [-0.2, 0) is 14.0 Å². The predicted octanol–water partition coefficient (Wildman–Crippen LogP) is 6.19. The van der Waals surface area contributed by atoms with E-state index in [4.69, 9.17) is 19.3 Å². The summed E-state index contributed by atoms with van der Waals surface area (Å²) >= 11 is 0. The molecule has 0 aromatic rings. The average molecular weight is 407 g/mol. The van der Waals surface area contributed by atoms with Crippen molar-refractivity contribution < 1.29 is 23.8 Å². The number of ether oxygens (including phenoxy) is 2. The summed E-state index contributed by atoms with van der Waals surface area (Å²) in [7, 11) is -2.53. The summed E-state index contributed by atoms with van der Waals surface area (Å²) in [5, 5.41) is 0. The van der Waals surface area contributed by atoms with Gasteiger partial charge in [0.1, 0.15) is 12.4 Å². The minimum absolute atomic E-state index is 0.273. The Morgan fingerprint density at radius 2 is 1.26 bits per heavy atom. The van der Waals surface area contributed by atoms with Gasteiger partial charge in [-0.05, 0) is 12.5 Å². The van der Waals surface area contributed by atoms with Crippen LogP contribution in [0.4, 0.5) is 0 Å². The first-order valence-electron chi connectivity index (χ1n) is 10.8. The topological polar surface area (TPSA) is 76.0 Å². The van der Waals surface area contributed by atoms with Crippen LogP contribution < -0.4 is 0 Å². The highest BCUT2D eigenvalue weighted by molar-refractivity contribution is 7.51. The molecule has 0 aliphatic heterocycles. The summed E-state index contributed by atoms with van der Waals surface area (Å²) in [5.74, 6) is 0.476. The van der Waals surface area contributed by atoms with E-state index >= 15 is 0 Å². The van der Waals surface area contributed by atoms with Gasteiger partial charge in [-0.25, -0.2) is 0 Å². The monoisotopic (exact) mass is 406 g/mol. The van der Waals surface area contributed by atoms with Crippen molar-refractivity contribution in [3.8, 4) is 0 Å². The number of hydrogen-bond donors (Lipinski definition) is 2. The third-order valence-electron chi connectivity index (χ3n) is 4.71. The second kappa shape index (κ2) is 19.0. The number of hydrogen-bond acceptors (Lipinski definition) is 3. The van der Waals surface area contributed by atoms with Crippen molar-refractivity contribution >= 4 is 7.60 Å². The molecular weight excluding hydrogens is 363 g/mol. The first kappa shape index (κ1) is 26.6. The lowest BCUT2D eigenvalue weighted by Crippen LogP contribution is -2.03. The van der Waals surface area contributed by atoms with Crippen molar-refractivity contribution in [2.75, 3.05) is 26.5 Å². The van der Waals surface area contributed by atoms with Gasteiger partial charge in [0.15, 0.2) is 0 Å². The van der Waals surface area contributed by atoms with Crippen molar-refractivity contribution in [2.45, 2.75) is 96.8 Å². The van der Waals surface area contributed by atoms with E-state index in [0.29, 0.717) is 12.4 Å². The fourth-order valence-electron chi connectivity index (χ4n) is 2.99. The van der Waals surface area contributed by atoms with Gasteiger partial charge in [0, 0.05) is 6.61 Å². The molecule has 0 rings (SSSR count). The fourth-order valence-corrected chi connectivity index (χ4v) is 3.43. The van der Waals surface area contributed by atoms with Crippen LogP contribution in [0.2, 0.25) is 0 Å². The van der Waals surface area contributed by atoms with E-state index in [1.165, 1.54) is 96.7 Å². The zero-order valence-electron chi connectivity index (χ0n) is 17.7. The van der Waals surface area contributed by atoms with E-state index in [2.05, 4.69) is 6.92 Å². The zero-order chi connectivity index (χ0) is 20.2. The zero-order valence-corrected chi connectivity index (χ0v) is 18.6. The summed E-state index contributed by atoms with van der Waals surface area (Å²) in [6.07, 6.45) is 19.7. The van der Waals surface area contributed by atoms with Crippen LogP contribution in [0.5, 0.6) is 0 Å². The summed E-state index contributed by atoms with van der Waals surface area (Å²) in [4.78, 5) is 17.7. The first-order valence-corrected chi connectivity index (χ1v) is 12.6. The molecule has 0 aliphatic rings. The van der Waals surface area contributed by atoms with E-state index in [9.17, 15) is 4.57 Å². The number of allylic oxidation sites excluding steroid dienone is 1. The maximum absolute atomic E-state index is 10.8. The highest BCUT2D eigenvalue weighted by Gasteiger charge is 2.11. The van der Waals surface area contributed by atoms with Gasteiger partial charge in [-0.3, -0.25) is 4.57 Å². The van der Waals surface area contributed by atoms with E-state index in [1.807, 2.05) is 0 Å². The van der Waals surface area contributed by atoms with Crippen molar-refractivity contribution in [1.29, 1.82) is 0 Å². The third-order valence-corrected chi connectivity index (χ3v) is 5.36. The second-order valence-electron chi connectivity index (χ2n) is 7.37. The molecule has 162 valence electrons. The van der Waals surface area contributed by atoms with E-state index in [0.717, 1.165) is 6.42 Å². The molecule has 27 heavy (non-hydrogen) atoms. The van der Waals surface area contributed by atoms with Crippen molar-refractivity contribution in [2.24, 2.45) is 0 Å². The molecule has 0 atom stereocenters. The summed E-state index contributed by atoms with van der Waals surface area (Å²) in [6, 6.07) is 0. The molecule has 0 unspecified atom stereocenters. The standard InChI is InChI=1S/C21H43O5P/c1-3-4-5-6-7-8-9-10-11-12-13-14-15-16-18-26-20-21(25-2)17-19-27(22,23)24/h17H,3-16,18-20H2,1-2H3,(H2,22,23,24). The van der Waals surface area contributed by atoms with Gasteiger partial charge in [-0.2, -0.15) is 0 Å². The maximum atomic E-state index is 10.8. The van der Waals surface area contributed by atoms with Crippen LogP contribution in [0.1, 0.15) is 96.8 Å². The van der Waals surface area contributed by atoms with Crippen molar-refractivity contribution in [1.82, 2.24) is 0 Å². The summed E-state index contributed by atoms with van der Waals surface area (Å²) in [5.41, 5.74) is 0. The van der Waals surface area contributed by atoms with E-state index in [1.54, 1.807) is 0 Å². The summed E-state index contributed by atoms with van der Waals surface area (Å²) in [6.45, 7) is 3.20. The quantitative estimate of drug-likeness (QED) is 0.143. The normalized spacial score (nSPS) is 12.5. The fraction of sp³-hybridized carbons (Fsp3) is 0.905. The van der Waals surface area contributed by atoms with Crippen LogP contribution in [0, 0.1) is 0 Å². The van der Waals surface area contributed by atoms with Crippen LogP contribution in [0.3, 0.4) is 0 Å². The van der Waals surface area contributed by atoms with Crippen molar-refractivity contribution in [3.63, 3.8) is 0 Å². The molecule has 0 fully saturated rings. The Labute approximate surface area is 167 Å². The molecular formula is C21H43O5P. The number of methoxy groups -OCH3 is 1. The Hall–Kier alpha value is -0.350. The van der Waals surface area contributed by atoms with Gasteiger partial charge in [0.25, 0.3) is 0 Å². The lowest BCUT2D eigenvalue weighted by molar-refractivity contribution is 0.111. The van der Waals surface area contributed by atoms with Crippen LogP contribution in [0.25, 0.3) is 0 Å². The van der Waals surface area contributed by atoms with Crippen LogP contribution >= 0.6 is 7.60 Å². The van der Waals surface area contributed by atoms with Gasteiger partial charge in [-0.1, -0.05) is 90.4 Å². The molecule has 0 heterocycles. The molecule has 0 radical (unpaired) electrons. The molecule has 0 saturated carbocycles. The molecule has 5 nitrogen and oxygen atoms in total. The highest BCUT2D eigenvalue weighted by atomic mass is 31.2. The van der Waals surface area contributed by atoms with Gasteiger partial charge in [0.05, 0.1) is 13.3 Å². The molecule has 2 N–H and O–H groups in total. The molecule has 0 aliphatic carbocycles. The first-order chi connectivity index (χ1) is 13.0. The Morgan fingerprint density at radius 3 is 1.67 bits per heavy atom.